The van der Waals surface area contributed by atoms with E-state index in [9.17, 15) is 9.59 Å². The van der Waals surface area contributed by atoms with Crippen molar-refractivity contribution in [3.8, 4) is 0 Å². The minimum atomic E-state index is -0.961. The number of hydrogen-bond acceptors (Lipinski definition) is 3. The highest BCUT2D eigenvalue weighted by Crippen LogP contribution is 2.12. The summed E-state index contributed by atoms with van der Waals surface area (Å²) in [6.45, 7) is 2.96. The highest BCUT2D eigenvalue weighted by atomic mass is 16.5. The number of benzene rings is 1. The number of rotatable bonds is 4. The van der Waals surface area contributed by atoms with Crippen molar-refractivity contribution in [3.05, 3.63) is 35.4 Å². The predicted octanol–water partition coefficient (Wildman–Crippen LogP) is 1.36. The third-order valence-corrected chi connectivity index (χ3v) is 3.35. The molecule has 6 nitrogen and oxygen atoms in total. The van der Waals surface area contributed by atoms with Crippen LogP contribution in [-0.2, 0) is 11.3 Å². The molecule has 2 amide bonds. The van der Waals surface area contributed by atoms with Crippen molar-refractivity contribution in [2.75, 3.05) is 6.61 Å². The molecule has 3 N–H and O–H groups in total. The van der Waals surface area contributed by atoms with Gasteiger partial charge in [-0.1, -0.05) is 12.1 Å². The van der Waals surface area contributed by atoms with Crippen LogP contribution in [0.3, 0.4) is 0 Å². The highest BCUT2D eigenvalue weighted by molar-refractivity contribution is 5.87. The van der Waals surface area contributed by atoms with E-state index >= 15 is 0 Å². The van der Waals surface area contributed by atoms with Crippen molar-refractivity contribution >= 4 is 12.0 Å². The lowest BCUT2D eigenvalue weighted by molar-refractivity contribution is 0.0697. The van der Waals surface area contributed by atoms with E-state index in [4.69, 9.17) is 9.84 Å². The lowest BCUT2D eigenvalue weighted by atomic mass is 10.1. The molecule has 0 unspecified atom stereocenters. The third kappa shape index (κ3) is 3.71. The van der Waals surface area contributed by atoms with Crippen molar-refractivity contribution in [3.63, 3.8) is 0 Å². The van der Waals surface area contributed by atoms with Crippen LogP contribution in [0.4, 0.5) is 4.79 Å². The van der Waals surface area contributed by atoms with Gasteiger partial charge in [0.2, 0.25) is 0 Å². The van der Waals surface area contributed by atoms with Gasteiger partial charge in [0, 0.05) is 13.2 Å². The first-order chi connectivity index (χ1) is 9.56. The summed E-state index contributed by atoms with van der Waals surface area (Å²) >= 11 is 0. The Kier molecular flexibility index (Phi) is 4.57. The van der Waals surface area contributed by atoms with Gasteiger partial charge < -0.3 is 20.5 Å². The minimum absolute atomic E-state index is 0.0376. The molecule has 1 saturated heterocycles. The topological polar surface area (TPSA) is 87.7 Å². The van der Waals surface area contributed by atoms with Crippen molar-refractivity contribution in [2.45, 2.75) is 32.0 Å². The number of carbonyl (C=O) groups excluding carboxylic acids is 1. The molecule has 108 valence electrons. The smallest absolute Gasteiger partial charge is 0.335 e. The van der Waals surface area contributed by atoms with E-state index in [0.29, 0.717) is 13.2 Å². The first-order valence-electron chi connectivity index (χ1n) is 6.54. The van der Waals surface area contributed by atoms with E-state index in [0.717, 1.165) is 12.0 Å². The Morgan fingerprint density at radius 2 is 2.05 bits per heavy atom. The first kappa shape index (κ1) is 14.3. The van der Waals surface area contributed by atoms with Crippen molar-refractivity contribution in [1.82, 2.24) is 10.6 Å². The molecule has 0 bridgehead atoms. The zero-order chi connectivity index (χ0) is 14.5. The second-order valence-corrected chi connectivity index (χ2v) is 4.80. The largest absolute Gasteiger partial charge is 0.478 e. The van der Waals surface area contributed by atoms with Crippen LogP contribution >= 0.6 is 0 Å². The molecule has 1 aliphatic heterocycles. The van der Waals surface area contributed by atoms with Gasteiger partial charge in [-0.15, -0.1) is 0 Å². The predicted molar refractivity (Wildman–Crippen MR) is 72.6 cm³/mol. The van der Waals surface area contributed by atoms with E-state index in [1.54, 1.807) is 12.1 Å². The lowest BCUT2D eigenvalue weighted by Gasteiger charge is -2.16. The van der Waals surface area contributed by atoms with Gasteiger partial charge in [0.05, 0.1) is 17.7 Å². The number of nitrogens with one attached hydrogen (secondary N) is 2. The number of amides is 2. The Morgan fingerprint density at radius 1 is 1.35 bits per heavy atom. The molecule has 0 radical (unpaired) electrons. The molecule has 0 aromatic heterocycles. The monoisotopic (exact) mass is 278 g/mol. The Hall–Kier alpha value is -2.08. The number of hydrogen-bond donors (Lipinski definition) is 3. The first-order valence-corrected chi connectivity index (χ1v) is 6.54. The van der Waals surface area contributed by atoms with Crippen LogP contribution < -0.4 is 10.6 Å². The SMILES string of the molecule is C[C@@H]1OCC[C@@H]1NC(=O)NCc1ccc(C(=O)O)cc1. The maximum absolute atomic E-state index is 11.7. The molecule has 2 atom stereocenters. The van der Waals surface area contributed by atoms with Gasteiger partial charge in [-0.05, 0) is 31.0 Å². The van der Waals surface area contributed by atoms with E-state index in [1.807, 2.05) is 6.92 Å². The summed E-state index contributed by atoms with van der Waals surface area (Å²) in [4.78, 5) is 22.4. The molecule has 2 rings (SSSR count). The van der Waals surface area contributed by atoms with Crippen LogP contribution in [0.5, 0.6) is 0 Å². The molecule has 6 heteroatoms. The fourth-order valence-electron chi connectivity index (χ4n) is 2.09. The summed E-state index contributed by atoms with van der Waals surface area (Å²) in [5, 5.41) is 14.4. The average Bonchev–Trinajstić information content (AvgIpc) is 2.82. The fraction of sp³-hybridized carbons (Fsp3) is 0.429. The summed E-state index contributed by atoms with van der Waals surface area (Å²) in [5.41, 5.74) is 1.08. The average molecular weight is 278 g/mol. The Balaban J connectivity index is 1.79. The van der Waals surface area contributed by atoms with Crippen LogP contribution in [0, 0.1) is 0 Å². The van der Waals surface area contributed by atoms with E-state index in [-0.39, 0.29) is 23.7 Å². The number of carboxylic acids is 1. The number of carboxylic acid groups (broad SMARTS) is 1. The molecule has 1 aromatic carbocycles. The second-order valence-electron chi connectivity index (χ2n) is 4.80. The molecule has 0 aliphatic carbocycles. The van der Waals surface area contributed by atoms with E-state index in [1.165, 1.54) is 12.1 Å². The maximum atomic E-state index is 11.7. The summed E-state index contributed by atoms with van der Waals surface area (Å²) < 4.78 is 5.37. The van der Waals surface area contributed by atoms with E-state index in [2.05, 4.69) is 10.6 Å². The normalized spacial score (nSPS) is 21.4. The van der Waals surface area contributed by atoms with Gasteiger partial charge in [-0.25, -0.2) is 9.59 Å². The van der Waals surface area contributed by atoms with Gasteiger partial charge in [0.25, 0.3) is 0 Å². The molecule has 1 aliphatic rings. The summed E-state index contributed by atoms with van der Waals surface area (Å²) in [6, 6.07) is 6.21. The Labute approximate surface area is 117 Å². The number of carbonyl (C=O) groups is 2. The Morgan fingerprint density at radius 3 is 2.60 bits per heavy atom. The molecule has 1 fully saturated rings. The van der Waals surface area contributed by atoms with Crippen LogP contribution in [0.1, 0.15) is 29.3 Å². The van der Waals surface area contributed by atoms with Gasteiger partial charge in [0.15, 0.2) is 0 Å². The summed E-state index contributed by atoms with van der Waals surface area (Å²) in [7, 11) is 0. The molecule has 0 spiro atoms. The Bertz CT molecular complexity index is 486. The van der Waals surface area contributed by atoms with Gasteiger partial charge in [-0.2, -0.15) is 0 Å². The van der Waals surface area contributed by atoms with Gasteiger partial charge in [-0.3, -0.25) is 0 Å². The van der Waals surface area contributed by atoms with Crippen molar-refractivity contribution in [1.29, 1.82) is 0 Å². The molecule has 20 heavy (non-hydrogen) atoms. The summed E-state index contributed by atoms with van der Waals surface area (Å²) in [5.74, 6) is -0.961. The van der Waals surface area contributed by atoms with Crippen LogP contribution in [-0.4, -0.2) is 35.9 Å². The lowest BCUT2D eigenvalue weighted by Crippen LogP contribution is -2.44. The van der Waals surface area contributed by atoms with Gasteiger partial charge >= 0.3 is 12.0 Å². The summed E-state index contributed by atoms with van der Waals surface area (Å²) in [6.07, 6.45) is 0.859. The van der Waals surface area contributed by atoms with E-state index < -0.39 is 5.97 Å². The fourth-order valence-corrected chi connectivity index (χ4v) is 2.09. The maximum Gasteiger partial charge on any atom is 0.335 e. The minimum Gasteiger partial charge on any atom is -0.478 e. The quantitative estimate of drug-likeness (QED) is 0.776. The van der Waals surface area contributed by atoms with Crippen LogP contribution in [0.2, 0.25) is 0 Å². The zero-order valence-corrected chi connectivity index (χ0v) is 11.3. The second kappa shape index (κ2) is 6.38. The van der Waals surface area contributed by atoms with Crippen molar-refractivity contribution < 1.29 is 19.4 Å². The molecule has 1 aromatic rings. The highest BCUT2D eigenvalue weighted by Gasteiger charge is 2.25. The molecule has 1 heterocycles. The van der Waals surface area contributed by atoms with Crippen LogP contribution in [0.25, 0.3) is 0 Å². The zero-order valence-electron chi connectivity index (χ0n) is 11.3. The van der Waals surface area contributed by atoms with Crippen LogP contribution in [0.15, 0.2) is 24.3 Å². The number of aromatic carboxylic acids is 1. The standard InChI is InChI=1S/C14H18N2O4/c1-9-12(6-7-20-9)16-14(19)15-8-10-2-4-11(5-3-10)13(17)18/h2-5,9,12H,6-8H2,1H3,(H,17,18)(H2,15,16,19)/t9-,12-/m0/s1. The molecular formula is C14H18N2O4. The number of urea groups is 1. The van der Waals surface area contributed by atoms with Gasteiger partial charge in [0.1, 0.15) is 0 Å². The molecular weight excluding hydrogens is 260 g/mol. The number of ether oxygens (including phenoxy) is 1. The van der Waals surface area contributed by atoms with Crippen molar-refractivity contribution in [2.24, 2.45) is 0 Å². The molecule has 0 saturated carbocycles. The third-order valence-electron chi connectivity index (χ3n) is 3.35.